The van der Waals surface area contributed by atoms with Crippen LogP contribution >= 0.6 is 0 Å². The molecule has 19 heavy (non-hydrogen) atoms. The number of likely N-dealkylation sites (tertiary alicyclic amines) is 1. The number of β-amino-alcohol motifs (C(OH)–C–C–N with tert-alkyl or cyclic N) is 1. The van der Waals surface area contributed by atoms with Gasteiger partial charge in [-0.25, -0.2) is 0 Å². The van der Waals surface area contributed by atoms with Crippen LogP contribution in [0.25, 0.3) is 0 Å². The third-order valence-corrected chi connectivity index (χ3v) is 4.77. The highest BCUT2D eigenvalue weighted by Gasteiger charge is 2.46. The fourth-order valence-corrected chi connectivity index (χ4v) is 3.41. The van der Waals surface area contributed by atoms with Crippen molar-refractivity contribution in [3.63, 3.8) is 0 Å². The minimum atomic E-state index is -0.641. The standard InChI is InChI=1S/C17H25NO/c1-12(2)14-4-6-15(7-5-14)17(19)10-13(3)18(11-17)16-8-9-16/h4-7,12-13,16,19H,8-11H2,1-3H3. The lowest BCUT2D eigenvalue weighted by molar-refractivity contribution is 0.0451. The van der Waals surface area contributed by atoms with E-state index >= 15 is 0 Å². The van der Waals surface area contributed by atoms with E-state index in [1.54, 1.807) is 0 Å². The van der Waals surface area contributed by atoms with Crippen LogP contribution in [0.3, 0.4) is 0 Å². The number of benzene rings is 1. The fraction of sp³-hybridized carbons (Fsp3) is 0.647. The van der Waals surface area contributed by atoms with Crippen LogP contribution in [0.5, 0.6) is 0 Å². The molecule has 0 aromatic heterocycles. The summed E-state index contributed by atoms with van der Waals surface area (Å²) in [6.07, 6.45) is 3.49. The van der Waals surface area contributed by atoms with Gasteiger partial charge < -0.3 is 5.11 Å². The molecular formula is C17H25NO. The first-order valence-corrected chi connectivity index (χ1v) is 7.58. The van der Waals surface area contributed by atoms with Crippen molar-refractivity contribution >= 4 is 0 Å². The van der Waals surface area contributed by atoms with E-state index in [-0.39, 0.29) is 0 Å². The minimum absolute atomic E-state index is 0.502. The monoisotopic (exact) mass is 259 g/mol. The molecule has 3 rings (SSSR count). The summed E-state index contributed by atoms with van der Waals surface area (Å²) < 4.78 is 0. The van der Waals surface area contributed by atoms with E-state index in [1.807, 2.05) is 0 Å². The summed E-state index contributed by atoms with van der Waals surface area (Å²) >= 11 is 0. The number of rotatable bonds is 3. The molecule has 1 saturated carbocycles. The Balaban J connectivity index is 1.80. The van der Waals surface area contributed by atoms with Crippen molar-refractivity contribution < 1.29 is 5.11 Å². The zero-order valence-corrected chi connectivity index (χ0v) is 12.3. The largest absolute Gasteiger partial charge is 0.384 e. The maximum Gasteiger partial charge on any atom is 0.104 e. The lowest BCUT2D eigenvalue weighted by Gasteiger charge is -2.24. The second kappa shape index (κ2) is 4.60. The topological polar surface area (TPSA) is 23.5 Å². The van der Waals surface area contributed by atoms with Gasteiger partial charge in [0.15, 0.2) is 0 Å². The summed E-state index contributed by atoms with van der Waals surface area (Å²) in [4.78, 5) is 2.50. The molecule has 0 bridgehead atoms. The van der Waals surface area contributed by atoms with Gasteiger partial charge in [-0.05, 0) is 43.2 Å². The van der Waals surface area contributed by atoms with Gasteiger partial charge in [0.05, 0.1) is 0 Å². The van der Waals surface area contributed by atoms with E-state index in [4.69, 9.17) is 0 Å². The van der Waals surface area contributed by atoms with Gasteiger partial charge in [0.25, 0.3) is 0 Å². The van der Waals surface area contributed by atoms with Crippen molar-refractivity contribution in [1.29, 1.82) is 0 Å². The Bertz CT molecular complexity index is 449. The van der Waals surface area contributed by atoms with E-state index in [0.29, 0.717) is 12.0 Å². The molecule has 2 fully saturated rings. The average Bonchev–Trinajstić information content (AvgIpc) is 3.16. The molecule has 2 aliphatic rings. The van der Waals surface area contributed by atoms with E-state index in [9.17, 15) is 5.11 Å². The second-order valence-corrected chi connectivity index (χ2v) is 6.76. The molecular weight excluding hydrogens is 234 g/mol. The molecule has 1 aromatic rings. The Labute approximate surface area is 116 Å². The van der Waals surface area contributed by atoms with Crippen LogP contribution in [-0.4, -0.2) is 28.6 Å². The van der Waals surface area contributed by atoms with Gasteiger partial charge in [-0.2, -0.15) is 0 Å². The van der Waals surface area contributed by atoms with Crippen molar-refractivity contribution in [2.45, 2.75) is 63.6 Å². The quantitative estimate of drug-likeness (QED) is 0.900. The average molecular weight is 259 g/mol. The SMILES string of the molecule is CC(C)c1ccc(C2(O)CC(C)N(C3CC3)C2)cc1. The van der Waals surface area contributed by atoms with Gasteiger partial charge in [-0.15, -0.1) is 0 Å². The molecule has 2 unspecified atom stereocenters. The molecule has 104 valence electrons. The van der Waals surface area contributed by atoms with E-state index < -0.39 is 5.60 Å². The molecule has 0 spiro atoms. The lowest BCUT2D eigenvalue weighted by atomic mass is 9.89. The number of aliphatic hydroxyl groups is 1. The molecule has 1 heterocycles. The van der Waals surface area contributed by atoms with Crippen LogP contribution in [0, 0.1) is 0 Å². The summed E-state index contributed by atoms with van der Waals surface area (Å²) in [5.41, 5.74) is 1.79. The van der Waals surface area contributed by atoms with Crippen LogP contribution in [-0.2, 0) is 5.60 Å². The maximum atomic E-state index is 11.0. The van der Waals surface area contributed by atoms with Crippen LogP contribution in [0.2, 0.25) is 0 Å². The predicted octanol–water partition coefficient (Wildman–Crippen LogP) is 3.25. The molecule has 2 nitrogen and oxygen atoms in total. The molecule has 1 aromatic carbocycles. The third kappa shape index (κ3) is 2.44. The van der Waals surface area contributed by atoms with Crippen molar-refractivity contribution in [2.75, 3.05) is 6.54 Å². The zero-order valence-electron chi connectivity index (χ0n) is 12.3. The summed E-state index contributed by atoms with van der Waals surface area (Å²) in [7, 11) is 0. The van der Waals surface area contributed by atoms with Gasteiger partial charge in [0, 0.05) is 18.6 Å². The predicted molar refractivity (Wildman–Crippen MR) is 78.2 cm³/mol. The molecule has 2 heteroatoms. The Hall–Kier alpha value is -0.860. The molecule has 1 aliphatic carbocycles. The highest BCUT2D eigenvalue weighted by Crippen LogP contribution is 2.41. The highest BCUT2D eigenvalue weighted by molar-refractivity contribution is 5.30. The van der Waals surface area contributed by atoms with E-state index in [0.717, 1.165) is 24.6 Å². The smallest absolute Gasteiger partial charge is 0.104 e. The molecule has 1 aliphatic heterocycles. The van der Waals surface area contributed by atoms with Crippen molar-refractivity contribution in [2.24, 2.45) is 0 Å². The minimum Gasteiger partial charge on any atom is -0.384 e. The molecule has 0 amide bonds. The molecule has 1 saturated heterocycles. The van der Waals surface area contributed by atoms with Crippen LogP contribution < -0.4 is 0 Å². The van der Waals surface area contributed by atoms with Crippen molar-refractivity contribution in [3.8, 4) is 0 Å². The van der Waals surface area contributed by atoms with Crippen LogP contribution in [0.4, 0.5) is 0 Å². The Kier molecular flexibility index (Phi) is 3.18. The summed E-state index contributed by atoms with van der Waals surface area (Å²) in [6, 6.07) is 9.82. The Morgan fingerprint density at radius 1 is 1.21 bits per heavy atom. The number of hydrogen-bond acceptors (Lipinski definition) is 2. The van der Waals surface area contributed by atoms with Crippen LogP contribution in [0.15, 0.2) is 24.3 Å². The first-order chi connectivity index (χ1) is 8.99. The fourth-order valence-electron chi connectivity index (χ4n) is 3.41. The van der Waals surface area contributed by atoms with Crippen molar-refractivity contribution in [3.05, 3.63) is 35.4 Å². The van der Waals surface area contributed by atoms with E-state index in [2.05, 4.69) is 49.9 Å². The normalized spacial score (nSPS) is 32.2. The Morgan fingerprint density at radius 3 is 2.37 bits per heavy atom. The van der Waals surface area contributed by atoms with Crippen molar-refractivity contribution in [1.82, 2.24) is 4.90 Å². The Morgan fingerprint density at radius 2 is 1.84 bits per heavy atom. The lowest BCUT2D eigenvalue weighted by Crippen LogP contribution is -2.33. The number of nitrogens with zero attached hydrogens (tertiary/aromatic N) is 1. The second-order valence-electron chi connectivity index (χ2n) is 6.76. The van der Waals surface area contributed by atoms with Gasteiger partial charge in [0.2, 0.25) is 0 Å². The molecule has 1 N–H and O–H groups in total. The highest BCUT2D eigenvalue weighted by atomic mass is 16.3. The summed E-state index contributed by atoms with van der Waals surface area (Å²) in [5, 5.41) is 11.0. The summed E-state index contributed by atoms with van der Waals surface area (Å²) in [6.45, 7) is 7.46. The van der Waals surface area contributed by atoms with Gasteiger partial charge in [0.1, 0.15) is 5.60 Å². The number of hydrogen-bond donors (Lipinski definition) is 1. The van der Waals surface area contributed by atoms with Gasteiger partial charge in [-0.1, -0.05) is 38.1 Å². The van der Waals surface area contributed by atoms with Crippen LogP contribution in [0.1, 0.15) is 57.1 Å². The summed E-state index contributed by atoms with van der Waals surface area (Å²) in [5.74, 6) is 0.550. The zero-order chi connectivity index (χ0) is 13.6. The molecule has 0 radical (unpaired) electrons. The first-order valence-electron chi connectivity index (χ1n) is 7.58. The third-order valence-electron chi connectivity index (χ3n) is 4.77. The first kappa shape index (κ1) is 13.1. The molecule has 2 atom stereocenters. The van der Waals surface area contributed by atoms with E-state index in [1.165, 1.54) is 18.4 Å². The van der Waals surface area contributed by atoms with Gasteiger partial charge in [-0.3, -0.25) is 4.90 Å². The maximum absolute atomic E-state index is 11.0. The van der Waals surface area contributed by atoms with Gasteiger partial charge >= 0.3 is 0 Å².